The first-order valence-electron chi connectivity index (χ1n) is 5.41. The van der Waals surface area contributed by atoms with Gasteiger partial charge in [0.25, 0.3) is 0 Å². The van der Waals surface area contributed by atoms with Crippen LogP contribution < -0.4 is 11.1 Å². The van der Waals surface area contributed by atoms with Crippen LogP contribution in [0.1, 0.15) is 5.56 Å². The van der Waals surface area contributed by atoms with E-state index in [-0.39, 0.29) is 5.95 Å². The molecule has 0 aliphatic rings. The SMILES string of the molecule is Nc1nccc(NCCc2cc(F)cc(F)c2)n1. The number of halogens is 2. The normalized spacial score (nSPS) is 10.3. The molecule has 1 heterocycles. The third-order valence-electron chi connectivity index (χ3n) is 2.32. The smallest absolute Gasteiger partial charge is 0.221 e. The molecule has 0 saturated carbocycles. The highest BCUT2D eigenvalue weighted by molar-refractivity contribution is 5.37. The summed E-state index contributed by atoms with van der Waals surface area (Å²) in [6.07, 6.45) is 2.02. The van der Waals surface area contributed by atoms with E-state index in [1.165, 1.54) is 18.3 Å². The first-order valence-corrected chi connectivity index (χ1v) is 5.41. The van der Waals surface area contributed by atoms with Crippen LogP contribution in [0.25, 0.3) is 0 Å². The fourth-order valence-electron chi connectivity index (χ4n) is 1.56. The van der Waals surface area contributed by atoms with Gasteiger partial charge in [0.2, 0.25) is 5.95 Å². The molecular weight excluding hydrogens is 238 g/mol. The van der Waals surface area contributed by atoms with Gasteiger partial charge < -0.3 is 11.1 Å². The molecular formula is C12H12F2N4. The van der Waals surface area contributed by atoms with E-state index in [4.69, 9.17) is 5.73 Å². The lowest BCUT2D eigenvalue weighted by molar-refractivity contribution is 0.580. The molecule has 0 radical (unpaired) electrons. The van der Waals surface area contributed by atoms with Crippen LogP contribution in [-0.2, 0) is 6.42 Å². The maximum absolute atomic E-state index is 12.9. The molecule has 0 bridgehead atoms. The maximum Gasteiger partial charge on any atom is 0.221 e. The van der Waals surface area contributed by atoms with Crippen LogP contribution in [0, 0.1) is 11.6 Å². The van der Waals surface area contributed by atoms with Gasteiger partial charge in [0.1, 0.15) is 17.5 Å². The summed E-state index contributed by atoms with van der Waals surface area (Å²) in [5.41, 5.74) is 6.00. The number of hydrogen-bond donors (Lipinski definition) is 2. The number of nitrogens with two attached hydrogens (primary N) is 1. The number of rotatable bonds is 4. The van der Waals surface area contributed by atoms with Crippen molar-refractivity contribution in [3.05, 3.63) is 47.7 Å². The standard InChI is InChI=1S/C12H12F2N4/c13-9-5-8(6-10(14)7-9)1-3-16-11-2-4-17-12(15)18-11/h2,4-7H,1,3H2,(H3,15,16,17,18). The van der Waals surface area contributed by atoms with Crippen LogP contribution in [0.2, 0.25) is 0 Å². The van der Waals surface area contributed by atoms with Crippen molar-refractivity contribution >= 4 is 11.8 Å². The highest BCUT2D eigenvalue weighted by Crippen LogP contribution is 2.09. The summed E-state index contributed by atoms with van der Waals surface area (Å²) in [4.78, 5) is 7.70. The van der Waals surface area contributed by atoms with E-state index in [1.807, 2.05) is 0 Å². The Morgan fingerprint density at radius 2 is 1.89 bits per heavy atom. The maximum atomic E-state index is 12.9. The number of aromatic nitrogens is 2. The van der Waals surface area contributed by atoms with Crippen LogP contribution in [-0.4, -0.2) is 16.5 Å². The van der Waals surface area contributed by atoms with Crippen molar-refractivity contribution in [2.24, 2.45) is 0 Å². The molecule has 0 atom stereocenters. The van der Waals surface area contributed by atoms with Crippen LogP contribution >= 0.6 is 0 Å². The number of hydrogen-bond acceptors (Lipinski definition) is 4. The second-order valence-electron chi connectivity index (χ2n) is 3.75. The average Bonchev–Trinajstić information content (AvgIpc) is 2.27. The molecule has 3 N–H and O–H groups in total. The van der Waals surface area contributed by atoms with E-state index in [2.05, 4.69) is 15.3 Å². The molecule has 0 fully saturated rings. The third kappa shape index (κ3) is 3.38. The zero-order valence-corrected chi connectivity index (χ0v) is 9.53. The van der Waals surface area contributed by atoms with Gasteiger partial charge in [0.15, 0.2) is 0 Å². The summed E-state index contributed by atoms with van der Waals surface area (Å²) < 4.78 is 25.9. The van der Waals surface area contributed by atoms with Crippen LogP contribution in [0.15, 0.2) is 30.5 Å². The lowest BCUT2D eigenvalue weighted by atomic mass is 10.1. The van der Waals surface area contributed by atoms with Crippen LogP contribution in [0.4, 0.5) is 20.5 Å². The quantitative estimate of drug-likeness (QED) is 0.871. The van der Waals surface area contributed by atoms with Gasteiger partial charge in [-0.05, 0) is 30.2 Å². The summed E-state index contributed by atoms with van der Waals surface area (Å²) in [6.45, 7) is 0.499. The molecule has 1 aromatic heterocycles. The van der Waals surface area contributed by atoms with E-state index in [9.17, 15) is 8.78 Å². The minimum Gasteiger partial charge on any atom is -0.370 e. The van der Waals surface area contributed by atoms with E-state index in [0.29, 0.717) is 24.3 Å². The van der Waals surface area contributed by atoms with E-state index < -0.39 is 11.6 Å². The van der Waals surface area contributed by atoms with E-state index >= 15 is 0 Å². The molecule has 2 aromatic rings. The minimum absolute atomic E-state index is 0.178. The Morgan fingerprint density at radius 3 is 2.56 bits per heavy atom. The Kier molecular flexibility index (Phi) is 3.66. The van der Waals surface area contributed by atoms with E-state index in [1.54, 1.807) is 6.07 Å². The Morgan fingerprint density at radius 1 is 1.17 bits per heavy atom. The van der Waals surface area contributed by atoms with Crippen molar-refractivity contribution in [3.8, 4) is 0 Å². The molecule has 4 nitrogen and oxygen atoms in total. The average molecular weight is 250 g/mol. The number of benzene rings is 1. The van der Waals surface area contributed by atoms with Crippen molar-refractivity contribution in [3.63, 3.8) is 0 Å². The molecule has 18 heavy (non-hydrogen) atoms. The number of nitrogens with zero attached hydrogens (tertiary/aromatic N) is 2. The number of nitrogen functional groups attached to an aromatic ring is 1. The highest BCUT2D eigenvalue weighted by Gasteiger charge is 2.01. The predicted molar refractivity (Wildman–Crippen MR) is 65.0 cm³/mol. The van der Waals surface area contributed by atoms with Gasteiger partial charge in [-0.3, -0.25) is 0 Å². The molecule has 6 heteroatoms. The van der Waals surface area contributed by atoms with Crippen molar-refractivity contribution in [2.45, 2.75) is 6.42 Å². The molecule has 94 valence electrons. The van der Waals surface area contributed by atoms with Gasteiger partial charge in [-0.25, -0.2) is 13.8 Å². The topological polar surface area (TPSA) is 63.8 Å². The largest absolute Gasteiger partial charge is 0.370 e. The van der Waals surface area contributed by atoms with Crippen LogP contribution in [0.3, 0.4) is 0 Å². The first-order chi connectivity index (χ1) is 8.63. The molecule has 1 aromatic carbocycles. The Labute approximate surface area is 103 Å². The lowest BCUT2D eigenvalue weighted by Gasteiger charge is -2.06. The molecule has 0 saturated heterocycles. The summed E-state index contributed by atoms with van der Waals surface area (Å²) >= 11 is 0. The summed E-state index contributed by atoms with van der Waals surface area (Å²) in [7, 11) is 0. The van der Waals surface area contributed by atoms with Crippen molar-refractivity contribution < 1.29 is 8.78 Å². The van der Waals surface area contributed by atoms with Crippen molar-refractivity contribution in [2.75, 3.05) is 17.6 Å². The second kappa shape index (κ2) is 5.39. The molecule has 2 rings (SSSR count). The fraction of sp³-hybridized carbons (Fsp3) is 0.167. The Hall–Kier alpha value is -2.24. The Balaban J connectivity index is 1.92. The summed E-state index contributed by atoms with van der Waals surface area (Å²) in [5, 5.41) is 3.00. The number of anilines is 2. The van der Waals surface area contributed by atoms with Gasteiger partial charge in [-0.1, -0.05) is 0 Å². The van der Waals surface area contributed by atoms with Gasteiger partial charge in [0.05, 0.1) is 0 Å². The van der Waals surface area contributed by atoms with Crippen molar-refractivity contribution in [1.29, 1.82) is 0 Å². The number of nitrogens with one attached hydrogen (secondary N) is 1. The van der Waals surface area contributed by atoms with Gasteiger partial charge in [-0.15, -0.1) is 0 Å². The molecule has 0 aliphatic heterocycles. The zero-order valence-electron chi connectivity index (χ0n) is 9.53. The fourth-order valence-corrected chi connectivity index (χ4v) is 1.56. The molecule has 0 spiro atoms. The van der Waals surface area contributed by atoms with Gasteiger partial charge in [0, 0.05) is 18.8 Å². The van der Waals surface area contributed by atoms with E-state index in [0.717, 1.165) is 6.07 Å². The van der Waals surface area contributed by atoms with Crippen LogP contribution in [0.5, 0.6) is 0 Å². The van der Waals surface area contributed by atoms with Crippen molar-refractivity contribution in [1.82, 2.24) is 9.97 Å². The third-order valence-corrected chi connectivity index (χ3v) is 2.32. The lowest BCUT2D eigenvalue weighted by Crippen LogP contribution is -2.08. The summed E-state index contributed by atoms with van der Waals surface area (Å²) in [5.74, 6) is -0.385. The van der Waals surface area contributed by atoms with Gasteiger partial charge in [-0.2, -0.15) is 4.98 Å². The molecule has 0 unspecified atom stereocenters. The first kappa shape index (κ1) is 12.2. The summed E-state index contributed by atoms with van der Waals surface area (Å²) in [6, 6.07) is 5.13. The Bertz CT molecular complexity index is 525. The molecule has 0 amide bonds. The minimum atomic E-state index is -0.573. The highest BCUT2D eigenvalue weighted by atomic mass is 19.1. The predicted octanol–water partition coefficient (Wildman–Crippen LogP) is 1.99. The van der Waals surface area contributed by atoms with Gasteiger partial charge >= 0.3 is 0 Å². The monoisotopic (exact) mass is 250 g/mol. The zero-order chi connectivity index (χ0) is 13.0. The molecule has 0 aliphatic carbocycles. The second-order valence-corrected chi connectivity index (χ2v) is 3.75.